The lowest BCUT2D eigenvalue weighted by Crippen LogP contribution is -2.12. The maximum atomic E-state index is 12.1. The van der Waals surface area contributed by atoms with Gasteiger partial charge in [0.05, 0.1) is 12.7 Å². The van der Waals surface area contributed by atoms with Crippen molar-refractivity contribution in [2.45, 2.75) is 6.92 Å². The molecule has 0 spiro atoms. The van der Waals surface area contributed by atoms with Gasteiger partial charge >= 0.3 is 5.97 Å². The van der Waals surface area contributed by atoms with Gasteiger partial charge in [-0.15, -0.1) is 0 Å². The van der Waals surface area contributed by atoms with Crippen molar-refractivity contribution < 1.29 is 19.2 Å². The predicted molar refractivity (Wildman–Crippen MR) is 92.4 cm³/mol. The van der Waals surface area contributed by atoms with Gasteiger partial charge in [0, 0.05) is 11.1 Å². The van der Waals surface area contributed by atoms with Gasteiger partial charge in [-0.2, -0.15) is 0 Å². The van der Waals surface area contributed by atoms with Crippen molar-refractivity contribution in [1.29, 1.82) is 0 Å². The van der Waals surface area contributed by atoms with Crippen LogP contribution in [-0.2, 0) is 4.84 Å². The first-order valence-corrected chi connectivity index (χ1v) is 7.23. The van der Waals surface area contributed by atoms with Crippen molar-refractivity contribution in [1.82, 2.24) is 0 Å². The highest BCUT2D eigenvalue weighted by Crippen LogP contribution is 2.21. The molecular weight excluding hydrogens is 306 g/mol. The van der Waals surface area contributed by atoms with E-state index >= 15 is 0 Å². The molecule has 0 heterocycles. The van der Waals surface area contributed by atoms with Crippen molar-refractivity contribution in [3.8, 4) is 5.75 Å². The third-order valence-electron chi connectivity index (χ3n) is 3.32. The summed E-state index contributed by atoms with van der Waals surface area (Å²) in [4.78, 5) is 29.0. The second-order valence-electron chi connectivity index (χ2n) is 4.91. The second kappa shape index (κ2) is 7.87. The van der Waals surface area contributed by atoms with Crippen LogP contribution in [0.1, 0.15) is 33.2 Å². The number of Topliss-reactive ketones (excluding diaryl/α,β-unsaturated/α-hetero) is 1. The lowest BCUT2D eigenvalue weighted by Gasteiger charge is -2.06. The van der Waals surface area contributed by atoms with Crippen molar-refractivity contribution in [2.75, 3.05) is 7.11 Å². The molecule has 5 heteroatoms. The largest absolute Gasteiger partial charge is 0.496 e. The van der Waals surface area contributed by atoms with E-state index in [1.165, 1.54) is 14.0 Å². The number of benzene rings is 2. The van der Waals surface area contributed by atoms with E-state index in [1.807, 2.05) is 6.07 Å². The molecule has 0 aliphatic rings. The second-order valence-corrected chi connectivity index (χ2v) is 4.91. The van der Waals surface area contributed by atoms with E-state index in [4.69, 9.17) is 9.57 Å². The van der Waals surface area contributed by atoms with E-state index in [-0.39, 0.29) is 17.1 Å². The maximum Gasteiger partial charge on any atom is 0.365 e. The maximum absolute atomic E-state index is 12.1. The van der Waals surface area contributed by atoms with Crippen LogP contribution in [0.25, 0.3) is 6.08 Å². The van der Waals surface area contributed by atoms with Crippen LogP contribution in [0.3, 0.4) is 0 Å². The molecule has 0 atom stereocenters. The minimum Gasteiger partial charge on any atom is -0.496 e. The highest BCUT2D eigenvalue weighted by Gasteiger charge is 2.13. The number of ketones is 1. The summed E-state index contributed by atoms with van der Waals surface area (Å²) >= 11 is 0. The number of ether oxygens (including phenoxy) is 1. The summed E-state index contributed by atoms with van der Waals surface area (Å²) in [6.07, 6.45) is 1.57. The first-order chi connectivity index (χ1) is 11.6. The van der Waals surface area contributed by atoms with Crippen LogP contribution in [-0.4, -0.2) is 24.6 Å². The number of carbonyl (C=O) groups excluding carboxylic acids is 2. The van der Waals surface area contributed by atoms with Gasteiger partial charge in [0.25, 0.3) is 0 Å². The van der Waals surface area contributed by atoms with Gasteiger partial charge in [-0.1, -0.05) is 48.1 Å². The molecule has 0 N–H and O–H groups in total. The fraction of sp³-hybridized carbons (Fsp3) is 0.105. The molecule has 0 aromatic heterocycles. The van der Waals surface area contributed by atoms with E-state index in [2.05, 4.69) is 11.7 Å². The number of nitrogens with zero attached hydrogens (tertiary/aromatic N) is 1. The van der Waals surface area contributed by atoms with E-state index in [1.54, 1.807) is 48.5 Å². The first-order valence-electron chi connectivity index (χ1n) is 7.23. The summed E-state index contributed by atoms with van der Waals surface area (Å²) in [6, 6.07) is 13.4. The molecule has 24 heavy (non-hydrogen) atoms. The zero-order chi connectivity index (χ0) is 17.5. The number of oxime groups is 1. The molecule has 0 aliphatic heterocycles. The van der Waals surface area contributed by atoms with E-state index < -0.39 is 5.97 Å². The average molecular weight is 323 g/mol. The van der Waals surface area contributed by atoms with E-state index in [9.17, 15) is 9.59 Å². The summed E-state index contributed by atoms with van der Waals surface area (Å²) < 4.78 is 5.15. The van der Waals surface area contributed by atoms with Crippen molar-refractivity contribution in [3.63, 3.8) is 0 Å². The number of hydrogen-bond acceptors (Lipinski definition) is 5. The fourth-order valence-corrected chi connectivity index (χ4v) is 2.02. The quantitative estimate of drug-likeness (QED) is 0.351. The minimum absolute atomic E-state index is 0.0898. The van der Waals surface area contributed by atoms with Gasteiger partial charge in [0.2, 0.25) is 5.78 Å². The molecule has 2 aromatic rings. The lowest BCUT2D eigenvalue weighted by molar-refractivity contribution is 0.0515. The Balaban J connectivity index is 2.12. The number of rotatable bonds is 6. The lowest BCUT2D eigenvalue weighted by atomic mass is 10.1. The molecule has 2 rings (SSSR count). The number of carbonyl (C=O) groups is 2. The van der Waals surface area contributed by atoms with Crippen LogP contribution in [0.5, 0.6) is 5.75 Å². The van der Waals surface area contributed by atoms with E-state index in [0.29, 0.717) is 16.9 Å². The SMILES string of the molecule is C=Cc1cc(C(=O)ON=C(C)C(=O)c2ccccc2)ccc1OC. The monoisotopic (exact) mass is 323 g/mol. The molecule has 5 nitrogen and oxygen atoms in total. The van der Waals surface area contributed by atoms with Gasteiger partial charge in [0.1, 0.15) is 11.5 Å². The molecule has 0 aliphatic carbocycles. The van der Waals surface area contributed by atoms with Gasteiger partial charge < -0.3 is 9.57 Å². The van der Waals surface area contributed by atoms with Crippen molar-refractivity contribution in [2.24, 2.45) is 5.16 Å². The summed E-state index contributed by atoms with van der Waals surface area (Å²) in [7, 11) is 1.53. The Morgan fingerprint density at radius 2 is 1.79 bits per heavy atom. The Hall–Kier alpha value is -3.21. The number of methoxy groups -OCH3 is 1. The topological polar surface area (TPSA) is 65.0 Å². The molecule has 0 unspecified atom stereocenters. The van der Waals surface area contributed by atoms with Gasteiger partial charge in [-0.05, 0) is 25.1 Å². The summed E-state index contributed by atoms with van der Waals surface area (Å²) in [5.41, 5.74) is 1.52. The number of hydrogen-bond donors (Lipinski definition) is 0. The first kappa shape index (κ1) is 17.1. The average Bonchev–Trinajstić information content (AvgIpc) is 2.65. The third kappa shape index (κ3) is 3.95. The highest BCUT2D eigenvalue weighted by molar-refractivity contribution is 6.45. The molecule has 122 valence electrons. The fourth-order valence-electron chi connectivity index (χ4n) is 2.02. The van der Waals surface area contributed by atoms with Gasteiger partial charge in [-0.25, -0.2) is 4.79 Å². The minimum atomic E-state index is -0.666. The molecular formula is C19H17NO4. The zero-order valence-electron chi connectivity index (χ0n) is 13.5. The molecule has 0 saturated carbocycles. The standard InChI is InChI=1S/C19H17NO4/c1-4-14-12-16(10-11-17(14)23-3)19(22)24-20-13(2)18(21)15-8-6-5-7-9-15/h4-12H,1H2,2-3H3. The summed E-state index contributed by atoms with van der Waals surface area (Å²) in [6.45, 7) is 5.16. The van der Waals surface area contributed by atoms with Crippen LogP contribution in [0.15, 0.2) is 60.3 Å². The van der Waals surface area contributed by atoms with Crippen LogP contribution in [0.4, 0.5) is 0 Å². The zero-order valence-corrected chi connectivity index (χ0v) is 13.5. The molecule has 0 amide bonds. The Kier molecular flexibility index (Phi) is 5.63. The van der Waals surface area contributed by atoms with Crippen LogP contribution in [0, 0.1) is 0 Å². The Morgan fingerprint density at radius 3 is 2.42 bits per heavy atom. The highest BCUT2D eigenvalue weighted by atomic mass is 16.7. The van der Waals surface area contributed by atoms with E-state index in [0.717, 1.165) is 0 Å². The van der Waals surface area contributed by atoms with Crippen LogP contribution >= 0.6 is 0 Å². The summed E-state index contributed by atoms with van der Waals surface area (Å²) in [5, 5.41) is 3.64. The Bertz CT molecular complexity index is 794. The normalized spacial score (nSPS) is 10.8. The van der Waals surface area contributed by atoms with Crippen molar-refractivity contribution >= 4 is 23.5 Å². The Labute approximate surface area is 140 Å². The molecule has 0 bridgehead atoms. The molecule has 0 radical (unpaired) electrons. The molecule has 0 saturated heterocycles. The predicted octanol–water partition coefficient (Wildman–Crippen LogP) is 3.75. The smallest absolute Gasteiger partial charge is 0.365 e. The van der Waals surface area contributed by atoms with Crippen LogP contribution < -0.4 is 4.74 Å². The molecule has 2 aromatic carbocycles. The third-order valence-corrected chi connectivity index (χ3v) is 3.32. The summed E-state index contributed by atoms with van der Waals surface area (Å²) in [5.74, 6) is -0.369. The van der Waals surface area contributed by atoms with Crippen molar-refractivity contribution in [3.05, 3.63) is 71.8 Å². The Morgan fingerprint density at radius 1 is 1.08 bits per heavy atom. The van der Waals surface area contributed by atoms with Gasteiger partial charge in [-0.3, -0.25) is 4.79 Å². The molecule has 0 fully saturated rings. The van der Waals surface area contributed by atoms with Gasteiger partial charge in [0.15, 0.2) is 0 Å². The van der Waals surface area contributed by atoms with Crippen LogP contribution in [0.2, 0.25) is 0 Å².